The van der Waals surface area contributed by atoms with Crippen LogP contribution in [0.4, 0.5) is 11.5 Å². The largest absolute Gasteiger partial charge is 0.345 e. The molecule has 0 saturated heterocycles. The van der Waals surface area contributed by atoms with E-state index < -0.39 is 4.92 Å². The molecule has 1 aliphatic carbocycles. The maximum absolute atomic E-state index is 10.9. The van der Waals surface area contributed by atoms with Crippen molar-refractivity contribution < 1.29 is 4.92 Å². The fourth-order valence-corrected chi connectivity index (χ4v) is 1.82. The van der Waals surface area contributed by atoms with Crippen molar-refractivity contribution in [3.63, 3.8) is 0 Å². The van der Waals surface area contributed by atoms with Crippen molar-refractivity contribution in [2.75, 3.05) is 11.4 Å². The van der Waals surface area contributed by atoms with Gasteiger partial charge < -0.3 is 4.90 Å². The molecule has 7 nitrogen and oxygen atoms in total. The number of hydrogen-bond acceptors (Lipinski definition) is 5. The molecule has 7 heteroatoms. The highest BCUT2D eigenvalue weighted by Gasteiger charge is 2.34. The monoisotopic (exact) mass is 235 g/mol. The minimum absolute atomic E-state index is 0.0114. The van der Waals surface area contributed by atoms with Crippen molar-refractivity contribution in [1.29, 1.82) is 5.26 Å². The van der Waals surface area contributed by atoms with Crippen LogP contribution in [0.5, 0.6) is 0 Å². The third kappa shape index (κ3) is 2.36. The zero-order chi connectivity index (χ0) is 12.4. The summed E-state index contributed by atoms with van der Waals surface area (Å²) in [4.78, 5) is 12.4. The molecule has 1 aromatic rings. The molecular weight excluding hydrogens is 222 g/mol. The van der Waals surface area contributed by atoms with Gasteiger partial charge in [0.2, 0.25) is 5.82 Å². The van der Waals surface area contributed by atoms with E-state index in [1.54, 1.807) is 7.05 Å². The summed E-state index contributed by atoms with van der Waals surface area (Å²) >= 11 is 0. The van der Waals surface area contributed by atoms with Gasteiger partial charge in [0, 0.05) is 19.6 Å². The molecule has 0 spiro atoms. The lowest BCUT2D eigenvalue weighted by atomic mass is 10.3. The maximum Gasteiger partial charge on any atom is 0.330 e. The Bertz CT molecular complexity index is 472. The van der Waals surface area contributed by atoms with Gasteiger partial charge in [-0.25, -0.2) is 0 Å². The van der Waals surface area contributed by atoms with E-state index in [1.807, 2.05) is 4.90 Å². The molecule has 90 valence electrons. The molecule has 0 unspecified atom stereocenters. The number of aryl methyl sites for hydroxylation is 1. The second-order valence-corrected chi connectivity index (χ2v) is 4.10. The Kier molecular flexibility index (Phi) is 2.95. The molecule has 0 aromatic carbocycles. The summed E-state index contributed by atoms with van der Waals surface area (Å²) in [5.74, 6) is 0.384. The van der Waals surface area contributed by atoms with E-state index in [0.717, 1.165) is 12.8 Å². The summed E-state index contributed by atoms with van der Waals surface area (Å²) in [6, 6.07) is 2.36. The first-order valence-corrected chi connectivity index (χ1v) is 5.45. The smallest absolute Gasteiger partial charge is 0.330 e. The van der Waals surface area contributed by atoms with Crippen LogP contribution in [0.2, 0.25) is 0 Å². The van der Waals surface area contributed by atoms with E-state index in [-0.39, 0.29) is 5.69 Å². The van der Waals surface area contributed by atoms with Crippen LogP contribution in [0.25, 0.3) is 0 Å². The molecule has 17 heavy (non-hydrogen) atoms. The second kappa shape index (κ2) is 4.41. The van der Waals surface area contributed by atoms with E-state index in [4.69, 9.17) is 5.26 Å². The van der Waals surface area contributed by atoms with Gasteiger partial charge in [-0.1, -0.05) is 0 Å². The highest BCUT2D eigenvalue weighted by atomic mass is 16.6. The number of hydrogen-bond donors (Lipinski definition) is 0. The van der Waals surface area contributed by atoms with Gasteiger partial charge in [-0.05, 0) is 12.8 Å². The topological polar surface area (TPSA) is 88.0 Å². The summed E-state index contributed by atoms with van der Waals surface area (Å²) in [5, 5.41) is 23.7. The van der Waals surface area contributed by atoms with Gasteiger partial charge in [-0.15, -0.1) is 5.10 Å². The van der Waals surface area contributed by atoms with E-state index in [1.165, 1.54) is 10.9 Å². The molecule has 1 fully saturated rings. The van der Waals surface area contributed by atoms with Crippen molar-refractivity contribution >= 4 is 11.5 Å². The van der Waals surface area contributed by atoms with Crippen LogP contribution >= 0.6 is 0 Å². The normalized spacial score (nSPS) is 14.4. The number of aromatic nitrogens is 2. The molecule has 0 amide bonds. The van der Waals surface area contributed by atoms with Gasteiger partial charge in [0.05, 0.1) is 17.4 Å². The van der Waals surface area contributed by atoms with Crippen molar-refractivity contribution in [3.05, 3.63) is 16.3 Å². The third-order valence-electron chi connectivity index (χ3n) is 2.71. The van der Waals surface area contributed by atoms with E-state index in [9.17, 15) is 10.1 Å². The summed E-state index contributed by atoms with van der Waals surface area (Å²) in [6.45, 7) is 0.499. The lowest BCUT2D eigenvalue weighted by molar-refractivity contribution is -0.384. The molecule has 0 radical (unpaired) electrons. The molecule has 0 N–H and O–H groups in total. The van der Waals surface area contributed by atoms with Gasteiger partial charge in [0.1, 0.15) is 6.20 Å². The summed E-state index contributed by atoms with van der Waals surface area (Å²) in [6.07, 6.45) is 3.78. The number of rotatable bonds is 5. The first-order chi connectivity index (χ1) is 8.13. The maximum atomic E-state index is 10.9. The Morgan fingerprint density at radius 2 is 2.47 bits per heavy atom. The van der Waals surface area contributed by atoms with Crippen LogP contribution in [-0.2, 0) is 7.05 Å². The fraction of sp³-hybridized carbons (Fsp3) is 0.600. The zero-order valence-electron chi connectivity index (χ0n) is 9.54. The van der Waals surface area contributed by atoms with Crippen molar-refractivity contribution in [2.45, 2.75) is 25.3 Å². The second-order valence-electron chi connectivity index (χ2n) is 4.10. The SMILES string of the molecule is Cn1cc([N+](=O)[O-])c(N(CCC#N)C2CC2)n1. The molecule has 2 rings (SSSR count). The number of nitrogens with zero attached hydrogens (tertiary/aromatic N) is 5. The van der Waals surface area contributed by atoms with E-state index in [0.29, 0.717) is 24.8 Å². The van der Waals surface area contributed by atoms with E-state index >= 15 is 0 Å². The lowest BCUT2D eigenvalue weighted by Crippen LogP contribution is -2.27. The minimum atomic E-state index is -0.427. The lowest BCUT2D eigenvalue weighted by Gasteiger charge is -2.19. The van der Waals surface area contributed by atoms with Crippen LogP contribution in [0.15, 0.2) is 6.20 Å². The van der Waals surface area contributed by atoms with Gasteiger partial charge in [0.25, 0.3) is 0 Å². The predicted molar refractivity (Wildman–Crippen MR) is 60.5 cm³/mol. The molecule has 0 aliphatic heterocycles. The summed E-state index contributed by atoms with van der Waals surface area (Å²) < 4.78 is 1.44. The molecule has 1 heterocycles. The van der Waals surface area contributed by atoms with Gasteiger partial charge in [-0.3, -0.25) is 14.8 Å². The Balaban J connectivity index is 2.28. The van der Waals surface area contributed by atoms with Gasteiger partial charge in [-0.2, -0.15) is 5.26 Å². The highest BCUT2D eigenvalue weighted by Crippen LogP contribution is 2.35. The van der Waals surface area contributed by atoms with Crippen molar-refractivity contribution in [3.8, 4) is 6.07 Å². The van der Waals surface area contributed by atoms with Crippen molar-refractivity contribution in [2.24, 2.45) is 7.05 Å². The zero-order valence-corrected chi connectivity index (χ0v) is 9.54. The summed E-state index contributed by atoms with van der Waals surface area (Å²) in [7, 11) is 1.66. The van der Waals surface area contributed by atoms with Crippen LogP contribution in [-0.4, -0.2) is 27.3 Å². The highest BCUT2D eigenvalue weighted by molar-refractivity contribution is 5.58. The number of anilines is 1. The number of nitro groups is 1. The molecule has 1 aromatic heterocycles. The Labute approximate surface area is 98.4 Å². The third-order valence-corrected chi connectivity index (χ3v) is 2.71. The van der Waals surface area contributed by atoms with Crippen LogP contribution < -0.4 is 4.90 Å². The molecule has 1 aliphatic rings. The first kappa shape index (κ1) is 11.4. The predicted octanol–water partition coefficient (Wildman–Crippen LogP) is 1.21. The first-order valence-electron chi connectivity index (χ1n) is 5.45. The standard InChI is InChI=1S/C10H13N5O2/c1-13-7-9(15(16)17)10(12-13)14(6-2-5-11)8-3-4-8/h7-8H,2-4,6H2,1H3. The van der Waals surface area contributed by atoms with Crippen molar-refractivity contribution in [1.82, 2.24) is 9.78 Å². The van der Waals surface area contributed by atoms with Gasteiger partial charge in [0.15, 0.2) is 0 Å². The average molecular weight is 235 g/mol. The van der Waals surface area contributed by atoms with E-state index in [2.05, 4.69) is 11.2 Å². The quantitative estimate of drug-likeness (QED) is 0.565. The fourth-order valence-electron chi connectivity index (χ4n) is 1.82. The molecule has 0 atom stereocenters. The Morgan fingerprint density at radius 3 is 3.00 bits per heavy atom. The number of nitriles is 1. The molecule has 1 saturated carbocycles. The van der Waals surface area contributed by atoms with Crippen LogP contribution in [0.1, 0.15) is 19.3 Å². The van der Waals surface area contributed by atoms with Crippen LogP contribution in [0.3, 0.4) is 0 Å². The average Bonchev–Trinajstić information content (AvgIpc) is 3.02. The van der Waals surface area contributed by atoms with Crippen LogP contribution in [0, 0.1) is 21.4 Å². The Morgan fingerprint density at radius 1 is 1.76 bits per heavy atom. The molecular formula is C10H13N5O2. The van der Waals surface area contributed by atoms with Gasteiger partial charge >= 0.3 is 5.69 Å². The minimum Gasteiger partial charge on any atom is -0.345 e. The molecule has 0 bridgehead atoms. The summed E-state index contributed by atoms with van der Waals surface area (Å²) in [5.41, 5.74) is 0.0114. The Hall–Kier alpha value is -2.10.